The van der Waals surface area contributed by atoms with Crippen molar-refractivity contribution in [3.63, 3.8) is 0 Å². The highest BCUT2D eigenvalue weighted by atomic mass is 16.2. The van der Waals surface area contributed by atoms with Gasteiger partial charge in [-0.1, -0.05) is 12.8 Å². The Hall–Kier alpha value is -1.46. The van der Waals surface area contributed by atoms with Gasteiger partial charge in [-0.15, -0.1) is 0 Å². The molecular formula is C22H38N4O2. The maximum absolute atomic E-state index is 11.9. The molecule has 0 aliphatic heterocycles. The molecule has 4 fully saturated rings. The number of urea groups is 2. The van der Waals surface area contributed by atoms with Crippen LogP contribution in [0.5, 0.6) is 0 Å². The number of hydrogen-bond acceptors (Lipinski definition) is 2. The van der Waals surface area contributed by atoms with Gasteiger partial charge in [-0.25, -0.2) is 9.59 Å². The normalized spacial score (nSPS) is 35.1. The zero-order valence-corrected chi connectivity index (χ0v) is 17.2. The smallest absolute Gasteiger partial charge is 0.314 e. The average molecular weight is 391 g/mol. The molecule has 158 valence electrons. The molecule has 4 bridgehead atoms. The lowest BCUT2D eigenvalue weighted by atomic mass is 9.89. The standard InChI is InChI=1S/C22H38N4O2/c27-21(25-13-19-11-15-3-5-17(19)9-15)23-7-1-2-8-24-22(28)26-14-20-12-16-4-6-18(20)10-16/h15-20H,1-14H2,(H2,23,25,27)(H2,24,26,28)/t15-,16-,17-,18-,19-,20+/m0/s1. The quantitative estimate of drug-likeness (QED) is 0.456. The van der Waals surface area contributed by atoms with Crippen molar-refractivity contribution in [1.29, 1.82) is 0 Å². The third kappa shape index (κ3) is 5.12. The average Bonchev–Trinajstić information content (AvgIpc) is 3.48. The highest BCUT2D eigenvalue weighted by Crippen LogP contribution is 2.48. The summed E-state index contributed by atoms with van der Waals surface area (Å²) in [6, 6.07) is -0.0846. The number of fused-ring (bicyclic) bond motifs is 4. The molecule has 0 aromatic rings. The van der Waals surface area contributed by atoms with Crippen LogP contribution in [-0.4, -0.2) is 38.2 Å². The lowest BCUT2D eigenvalue weighted by Gasteiger charge is -2.22. The van der Waals surface area contributed by atoms with Crippen LogP contribution in [0, 0.1) is 35.5 Å². The van der Waals surface area contributed by atoms with Crippen LogP contribution in [0.4, 0.5) is 9.59 Å². The van der Waals surface area contributed by atoms with E-state index in [1.807, 2.05) is 0 Å². The third-order valence-electron chi connectivity index (χ3n) is 7.99. The molecule has 0 radical (unpaired) electrons. The predicted molar refractivity (Wildman–Crippen MR) is 110 cm³/mol. The van der Waals surface area contributed by atoms with E-state index >= 15 is 0 Å². The summed E-state index contributed by atoms with van der Waals surface area (Å²) < 4.78 is 0. The minimum absolute atomic E-state index is 0.0423. The lowest BCUT2D eigenvalue weighted by Crippen LogP contribution is -2.40. The Morgan fingerprint density at radius 1 is 0.607 bits per heavy atom. The van der Waals surface area contributed by atoms with Crippen molar-refractivity contribution in [2.24, 2.45) is 35.5 Å². The van der Waals surface area contributed by atoms with Crippen LogP contribution in [0.25, 0.3) is 0 Å². The molecule has 4 saturated carbocycles. The number of carbonyl (C=O) groups excluding carboxylic acids is 2. The van der Waals surface area contributed by atoms with E-state index in [9.17, 15) is 9.59 Å². The van der Waals surface area contributed by atoms with Crippen LogP contribution in [-0.2, 0) is 0 Å². The highest BCUT2D eigenvalue weighted by Gasteiger charge is 2.40. The summed E-state index contributed by atoms with van der Waals surface area (Å²) in [5, 5.41) is 12.0. The van der Waals surface area contributed by atoms with Crippen LogP contribution in [0.15, 0.2) is 0 Å². The zero-order valence-electron chi connectivity index (χ0n) is 17.2. The SMILES string of the molecule is O=C(NCCCCNC(=O)NC[C@H]1C[C@H]2CC[C@H]1C2)NC[C@@H]1C[C@H]2CC[C@H]1C2. The third-order valence-corrected chi connectivity index (χ3v) is 7.99. The first-order chi connectivity index (χ1) is 13.7. The second-order valence-corrected chi connectivity index (χ2v) is 9.85. The minimum Gasteiger partial charge on any atom is -0.338 e. The first kappa shape index (κ1) is 19.8. The second-order valence-electron chi connectivity index (χ2n) is 9.85. The molecule has 0 heterocycles. The van der Waals surface area contributed by atoms with Gasteiger partial charge in [-0.2, -0.15) is 0 Å². The topological polar surface area (TPSA) is 82.3 Å². The number of amides is 4. The van der Waals surface area contributed by atoms with Crippen molar-refractivity contribution in [1.82, 2.24) is 21.3 Å². The van der Waals surface area contributed by atoms with Crippen LogP contribution in [0.1, 0.15) is 64.2 Å². The van der Waals surface area contributed by atoms with Gasteiger partial charge in [-0.05, 0) is 86.9 Å². The Morgan fingerprint density at radius 3 is 1.43 bits per heavy atom. The molecule has 4 aliphatic rings. The van der Waals surface area contributed by atoms with Crippen LogP contribution < -0.4 is 21.3 Å². The molecule has 4 N–H and O–H groups in total. The summed E-state index contributed by atoms with van der Waals surface area (Å²) in [5.74, 6) is 4.96. The first-order valence-electron chi connectivity index (χ1n) is 11.7. The van der Waals surface area contributed by atoms with E-state index in [0.29, 0.717) is 24.9 Å². The van der Waals surface area contributed by atoms with Crippen molar-refractivity contribution < 1.29 is 9.59 Å². The predicted octanol–water partition coefficient (Wildman–Crippen LogP) is 3.24. The molecule has 4 aliphatic carbocycles. The maximum Gasteiger partial charge on any atom is 0.314 e. The van der Waals surface area contributed by atoms with Gasteiger partial charge in [0.25, 0.3) is 0 Å². The Morgan fingerprint density at radius 2 is 1.07 bits per heavy atom. The highest BCUT2D eigenvalue weighted by molar-refractivity contribution is 5.74. The van der Waals surface area contributed by atoms with Gasteiger partial charge in [0.1, 0.15) is 0 Å². The lowest BCUT2D eigenvalue weighted by molar-refractivity contribution is 0.232. The fraction of sp³-hybridized carbons (Fsp3) is 0.909. The number of nitrogens with one attached hydrogen (secondary N) is 4. The van der Waals surface area contributed by atoms with Gasteiger partial charge in [0.2, 0.25) is 0 Å². The molecule has 4 rings (SSSR count). The van der Waals surface area contributed by atoms with Gasteiger partial charge in [-0.3, -0.25) is 0 Å². The molecule has 4 amide bonds. The Kier molecular flexibility index (Phi) is 6.63. The van der Waals surface area contributed by atoms with Gasteiger partial charge in [0, 0.05) is 26.2 Å². The fourth-order valence-electron chi connectivity index (χ4n) is 6.48. The Labute approximate surface area is 169 Å². The van der Waals surface area contributed by atoms with E-state index in [2.05, 4.69) is 21.3 Å². The van der Waals surface area contributed by atoms with Crippen LogP contribution >= 0.6 is 0 Å². The molecule has 6 nitrogen and oxygen atoms in total. The number of rotatable bonds is 9. The van der Waals surface area contributed by atoms with Crippen LogP contribution in [0.2, 0.25) is 0 Å². The van der Waals surface area contributed by atoms with Gasteiger partial charge in [0.05, 0.1) is 0 Å². The molecule has 6 atom stereocenters. The van der Waals surface area contributed by atoms with Crippen LogP contribution in [0.3, 0.4) is 0 Å². The summed E-state index contributed by atoms with van der Waals surface area (Å²) in [4.78, 5) is 23.8. The molecule has 0 unspecified atom stereocenters. The van der Waals surface area contributed by atoms with Gasteiger partial charge < -0.3 is 21.3 Å². The summed E-state index contributed by atoms with van der Waals surface area (Å²) in [7, 11) is 0. The van der Waals surface area contributed by atoms with Gasteiger partial charge >= 0.3 is 12.1 Å². The van der Waals surface area contributed by atoms with Crippen molar-refractivity contribution in [2.75, 3.05) is 26.2 Å². The minimum atomic E-state index is -0.0423. The molecule has 0 spiro atoms. The van der Waals surface area contributed by atoms with E-state index in [0.717, 1.165) is 49.6 Å². The summed E-state index contributed by atoms with van der Waals surface area (Å²) in [5.41, 5.74) is 0. The molecule has 0 aromatic carbocycles. The molecule has 0 aromatic heterocycles. The van der Waals surface area contributed by atoms with E-state index in [1.165, 1.54) is 51.4 Å². The summed E-state index contributed by atoms with van der Waals surface area (Å²) in [6.07, 6.45) is 12.7. The number of unbranched alkanes of at least 4 members (excludes halogenated alkanes) is 1. The largest absolute Gasteiger partial charge is 0.338 e. The van der Waals surface area contributed by atoms with E-state index < -0.39 is 0 Å². The molecular weight excluding hydrogens is 352 g/mol. The molecule has 6 heteroatoms. The van der Waals surface area contributed by atoms with Gasteiger partial charge in [0.15, 0.2) is 0 Å². The van der Waals surface area contributed by atoms with Crippen molar-refractivity contribution in [2.45, 2.75) is 64.2 Å². The summed E-state index contributed by atoms with van der Waals surface area (Å²) in [6.45, 7) is 2.99. The maximum atomic E-state index is 11.9. The van der Waals surface area contributed by atoms with E-state index in [1.54, 1.807) is 0 Å². The first-order valence-corrected chi connectivity index (χ1v) is 11.7. The van der Waals surface area contributed by atoms with Crippen molar-refractivity contribution >= 4 is 12.1 Å². The van der Waals surface area contributed by atoms with E-state index in [4.69, 9.17) is 0 Å². The number of hydrogen-bond donors (Lipinski definition) is 4. The number of carbonyl (C=O) groups is 2. The Balaban J connectivity index is 0.962. The van der Waals surface area contributed by atoms with Crippen molar-refractivity contribution in [3.8, 4) is 0 Å². The fourth-order valence-corrected chi connectivity index (χ4v) is 6.48. The molecule has 28 heavy (non-hydrogen) atoms. The summed E-state index contributed by atoms with van der Waals surface area (Å²) >= 11 is 0. The van der Waals surface area contributed by atoms with Crippen molar-refractivity contribution in [3.05, 3.63) is 0 Å². The zero-order chi connectivity index (χ0) is 19.3. The second kappa shape index (κ2) is 9.36. The molecule has 0 saturated heterocycles. The monoisotopic (exact) mass is 390 g/mol. The van der Waals surface area contributed by atoms with E-state index in [-0.39, 0.29) is 12.1 Å². The Bertz CT molecular complexity index is 507.